The summed E-state index contributed by atoms with van der Waals surface area (Å²) in [5.41, 5.74) is 1.17. The number of aliphatic carboxylic acids is 1. The number of carboxylic acid groups (broad SMARTS) is 1. The molecule has 17 heavy (non-hydrogen) atoms. The van der Waals surface area contributed by atoms with E-state index >= 15 is 0 Å². The number of rotatable bonds is 3. The number of halogens is 1. The minimum atomic E-state index is -0.914. The number of benzene rings is 1. The van der Waals surface area contributed by atoms with Crippen molar-refractivity contribution in [2.75, 3.05) is 0 Å². The van der Waals surface area contributed by atoms with Gasteiger partial charge in [-0.15, -0.1) is 11.3 Å². The SMILES string of the molecule is O=C(O)/C(=C\c1ccccc1Br)c1cccs1. The highest BCUT2D eigenvalue weighted by molar-refractivity contribution is 9.10. The molecule has 0 saturated heterocycles. The number of carboxylic acids is 1. The molecule has 0 amide bonds. The average Bonchev–Trinajstić information content (AvgIpc) is 2.81. The van der Waals surface area contributed by atoms with E-state index in [-0.39, 0.29) is 0 Å². The fourth-order valence-electron chi connectivity index (χ4n) is 1.42. The summed E-state index contributed by atoms with van der Waals surface area (Å²) < 4.78 is 0.885. The molecule has 0 aliphatic rings. The van der Waals surface area contributed by atoms with Crippen LogP contribution in [0.3, 0.4) is 0 Å². The molecular formula is C13H9BrO2S. The Morgan fingerprint density at radius 1 is 1.24 bits per heavy atom. The van der Waals surface area contributed by atoms with E-state index < -0.39 is 5.97 Å². The summed E-state index contributed by atoms with van der Waals surface area (Å²) in [5.74, 6) is -0.914. The summed E-state index contributed by atoms with van der Waals surface area (Å²) in [6.45, 7) is 0. The summed E-state index contributed by atoms with van der Waals surface area (Å²) in [7, 11) is 0. The quantitative estimate of drug-likeness (QED) is 0.865. The van der Waals surface area contributed by atoms with Crippen molar-refractivity contribution < 1.29 is 9.90 Å². The molecule has 0 fully saturated rings. The second-order valence-electron chi connectivity index (χ2n) is 3.36. The van der Waals surface area contributed by atoms with Crippen molar-refractivity contribution in [2.24, 2.45) is 0 Å². The first-order valence-electron chi connectivity index (χ1n) is 4.92. The van der Waals surface area contributed by atoms with E-state index in [1.807, 2.05) is 41.8 Å². The molecule has 0 bridgehead atoms. The summed E-state index contributed by atoms with van der Waals surface area (Å²) in [5, 5.41) is 11.1. The van der Waals surface area contributed by atoms with E-state index in [1.54, 1.807) is 6.08 Å². The smallest absolute Gasteiger partial charge is 0.337 e. The Hall–Kier alpha value is -1.39. The molecule has 1 aromatic heterocycles. The van der Waals surface area contributed by atoms with Crippen molar-refractivity contribution in [2.45, 2.75) is 0 Å². The molecule has 2 nitrogen and oxygen atoms in total. The van der Waals surface area contributed by atoms with E-state index in [1.165, 1.54) is 11.3 Å². The minimum absolute atomic E-state index is 0.312. The summed E-state index contributed by atoms with van der Waals surface area (Å²) in [4.78, 5) is 12.0. The van der Waals surface area contributed by atoms with Crippen molar-refractivity contribution in [1.82, 2.24) is 0 Å². The third-order valence-electron chi connectivity index (χ3n) is 2.22. The zero-order chi connectivity index (χ0) is 12.3. The number of hydrogen-bond acceptors (Lipinski definition) is 2. The lowest BCUT2D eigenvalue weighted by atomic mass is 10.1. The molecule has 86 valence electrons. The van der Waals surface area contributed by atoms with Gasteiger partial charge in [-0.3, -0.25) is 0 Å². The maximum absolute atomic E-state index is 11.2. The van der Waals surface area contributed by atoms with Gasteiger partial charge < -0.3 is 5.11 Å². The molecule has 2 rings (SSSR count). The molecule has 0 unspecified atom stereocenters. The lowest BCUT2D eigenvalue weighted by molar-refractivity contribution is -0.130. The third kappa shape index (κ3) is 2.84. The standard InChI is InChI=1S/C13H9BrO2S/c14-11-5-2-1-4-9(11)8-10(13(15)16)12-6-3-7-17-12/h1-8H,(H,15,16)/b10-8-. The molecule has 1 aromatic carbocycles. The summed E-state index contributed by atoms with van der Waals surface area (Å²) >= 11 is 4.82. The molecule has 0 saturated carbocycles. The lowest BCUT2D eigenvalue weighted by Crippen LogP contribution is -1.97. The Morgan fingerprint density at radius 3 is 2.59 bits per heavy atom. The van der Waals surface area contributed by atoms with Crippen LogP contribution in [-0.4, -0.2) is 11.1 Å². The fraction of sp³-hybridized carbons (Fsp3) is 0. The van der Waals surface area contributed by atoms with Gasteiger partial charge in [0.1, 0.15) is 0 Å². The largest absolute Gasteiger partial charge is 0.478 e. The van der Waals surface area contributed by atoms with Gasteiger partial charge in [-0.25, -0.2) is 4.79 Å². The van der Waals surface area contributed by atoms with Crippen LogP contribution in [0.1, 0.15) is 10.4 Å². The zero-order valence-electron chi connectivity index (χ0n) is 8.76. The van der Waals surface area contributed by atoms with Crippen LogP contribution in [0.15, 0.2) is 46.3 Å². The fourth-order valence-corrected chi connectivity index (χ4v) is 2.55. The van der Waals surface area contributed by atoms with Crippen molar-refractivity contribution in [3.63, 3.8) is 0 Å². The van der Waals surface area contributed by atoms with E-state index in [2.05, 4.69) is 15.9 Å². The van der Waals surface area contributed by atoms with Crippen LogP contribution in [0.25, 0.3) is 11.6 Å². The van der Waals surface area contributed by atoms with Gasteiger partial charge in [0.05, 0.1) is 5.57 Å². The van der Waals surface area contributed by atoms with E-state index in [4.69, 9.17) is 0 Å². The van der Waals surface area contributed by atoms with Crippen LogP contribution in [0.4, 0.5) is 0 Å². The first-order chi connectivity index (χ1) is 8.18. The molecule has 2 aromatic rings. The summed E-state index contributed by atoms with van der Waals surface area (Å²) in [6, 6.07) is 11.2. The second kappa shape index (κ2) is 5.29. The summed E-state index contributed by atoms with van der Waals surface area (Å²) in [6.07, 6.45) is 1.68. The van der Waals surface area contributed by atoms with E-state index in [9.17, 15) is 9.90 Å². The maximum Gasteiger partial charge on any atom is 0.337 e. The van der Waals surface area contributed by atoms with Gasteiger partial charge >= 0.3 is 5.97 Å². The van der Waals surface area contributed by atoms with Gasteiger partial charge in [0.15, 0.2) is 0 Å². The van der Waals surface area contributed by atoms with Crippen molar-refractivity contribution in [3.8, 4) is 0 Å². The van der Waals surface area contributed by atoms with Crippen molar-refractivity contribution in [3.05, 3.63) is 56.7 Å². The van der Waals surface area contributed by atoms with Crippen LogP contribution < -0.4 is 0 Å². The molecule has 1 heterocycles. The highest BCUT2D eigenvalue weighted by Gasteiger charge is 2.11. The van der Waals surface area contributed by atoms with Crippen molar-refractivity contribution >= 4 is 44.9 Å². The molecule has 1 N–H and O–H groups in total. The van der Waals surface area contributed by atoms with Crippen LogP contribution >= 0.6 is 27.3 Å². The molecule has 0 aliphatic carbocycles. The van der Waals surface area contributed by atoms with Gasteiger partial charge in [-0.2, -0.15) is 0 Å². The Morgan fingerprint density at radius 2 is 2.00 bits per heavy atom. The van der Waals surface area contributed by atoms with Crippen LogP contribution in [0.2, 0.25) is 0 Å². The Balaban J connectivity index is 2.48. The zero-order valence-corrected chi connectivity index (χ0v) is 11.2. The Bertz CT molecular complexity index is 559. The predicted octanol–water partition coefficient (Wildman–Crippen LogP) is 4.14. The number of carbonyl (C=O) groups is 1. The minimum Gasteiger partial charge on any atom is -0.478 e. The van der Waals surface area contributed by atoms with Crippen LogP contribution in [0, 0.1) is 0 Å². The topological polar surface area (TPSA) is 37.3 Å². The third-order valence-corrected chi connectivity index (χ3v) is 3.85. The first kappa shape index (κ1) is 12.1. The normalized spacial score (nSPS) is 11.5. The molecule has 0 aliphatic heterocycles. The first-order valence-corrected chi connectivity index (χ1v) is 6.59. The van der Waals surface area contributed by atoms with Crippen LogP contribution in [-0.2, 0) is 4.79 Å². The number of hydrogen-bond donors (Lipinski definition) is 1. The van der Waals surface area contributed by atoms with Gasteiger partial charge in [0.2, 0.25) is 0 Å². The Labute approximate surface area is 111 Å². The van der Waals surface area contributed by atoms with Crippen LogP contribution in [0.5, 0.6) is 0 Å². The van der Waals surface area contributed by atoms with Gasteiger partial charge in [0.25, 0.3) is 0 Å². The highest BCUT2D eigenvalue weighted by Crippen LogP contribution is 2.26. The maximum atomic E-state index is 11.2. The predicted molar refractivity (Wildman–Crippen MR) is 74.0 cm³/mol. The van der Waals surface area contributed by atoms with Crippen molar-refractivity contribution in [1.29, 1.82) is 0 Å². The molecule has 0 atom stereocenters. The highest BCUT2D eigenvalue weighted by atomic mass is 79.9. The van der Waals surface area contributed by atoms with Gasteiger partial charge in [-0.1, -0.05) is 40.2 Å². The molecule has 4 heteroatoms. The van der Waals surface area contributed by atoms with E-state index in [0.717, 1.165) is 14.9 Å². The average molecular weight is 309 g/mol. The second-order valence-corrected chi connectivity index (χ2v) is 5.16. The monoisotopic (exact) mass is 308 g/mol. The molecule has 0 spiro atoms. The molecule has 0 radical (unpaired) electrons. The van der Waals surface area contributed by atoms with Gasteiger partial charge in [-0.05, 0) is 29.2 Å². The van der Waals surface area contributed by atoms with Gasteiger partial charge in [0, 0.05) is 9.35 Å². The lowest BCUT2D eigenvalue weighted by Gasteiger charge is -2.01. The number of thiophene rings is 1. The Kier molecular flexibility index (Phi) is 3.76. The van der Waals surface area contributed by atoms with E-state index in [0.29, 0.717) is 5.57 Å². The molecular weight excluding hydrogens is 300 g/mol.